The van der Waals surface area contributed by atoms with Crippen LogP contribution in [0.5, 0.6) is 5.75 Å². The van der Waals surface area contributed by atoms with Crippen molar-refractivity contribution < 1.29 is 4.74 Å². The van der Waals surface area contributed by atoms with Crippen molar-refractivity contribution >= 4 is 0 Å². The summed E-state index contributed by atoms with van der Waals surface area (Å²) in [4.78, 5) is 0. The molecule has 1 aromatic rings. The van der Waals surface area contributed by atoms with E-state index in [1.165, 1.54) is 5.56 Å². The van der Waals surface area contributed by atoms with Gasteiger partial charge in [-0.15, -0.1) is 0 Å². The Labute approximate surface area is 99.8 Å². The molecule has 0 amide bonds. The van der Waals surface area contributed by atoms with E-state index in [-0.39, 0.29) is 11.0 Å². The summed E-state index contributed by atoms with van der Waals surface area (Å²) in [5.41, 5.74) is 1.43. The minimum Gasteiger partial charge on any atom is -0.488 e. The molecule has 0 aliphatic carbocycles. The van der Waals surface area contributed by atoms with Gasteiger partial charge in [0.15, 0.2) is 0 Å². The van der Waals surface area contributed by atoms with E-state index >= 15 is 0 Å². The topological polar surface area (TPSA) is 9.23 Å². The lowest BCUT2D eigenvalue weighted by molar-refractivity contribution is 0.130. The zero-order valence-corrected chi connectivity index (χ0v) is 11.4. The Balaban J connectivity index is 2.96. The second kappa shape index (κ2) is 4.48. The molecule has 90 valence electrons. The predicted molar refractivity (Wildman–Crippen MR) is 70.1 cm³/mol. The van der Waals surface area contributed by atoms with Gasteiger partial charge >= 0.3 is 0 Å². The summed E-state index contributed by atoms with van der Waals surface area (Å²) in [6, 6.07) is 8.45. The van der Waals surface area contributed by atoms with Crippen molar-refractivity contribution in [3.05, 3.63) is 29.8 Å². The fraction of sp³-hybridized carbons (Fsp3) is 0.600. The predicted octanol–water partition coefficient (Wildman–Crippen LogP) is 4.55. The SMILES string of the molecule is CCC(C)(C)c1cccc(OC(C)(C)C)c1. The highest BCUT2D eigenvalue weighted by Crippen LogP contribution is 2.30. The minimum atomic E-state index is -0.130. The maximum atomic E-state index is 5.88. The van der Waals surface area contributed by atoms with E-state index in [1.807, 2.05) is 6.07 Å². The molecule has 0 saturated heterocycles. The van der Waals surface area contributed by atoms with Crippen LogP contribution < -0.4 is 4.74 Å². The molecule has 0 saturated carbocycles. The summed E-state index contributed by atoms with van der Waals surface area (Å²) in [5.74, 6) is 0.964. The third-order valence-electron chi connectivity index (χ3n) is 2.92. The van der Waals surface area contributed by atoms with E-state index in [4.69, 9.17) is 4.74 Å². The monoisotopic (exact) mass is 220 g/mol. The largest absolute Gasteiger partial charge is 0.488 e. The van der Waals surface area contributed by atoms with Crippen molar-refractivity contribution in [3.63, 3.8) is 0 Å². The van der Waals surface area contributed by atoms with Gasteiger partial charge in [0.2, 0.25) is 0 Å². The molecular formula is C15H24O. The summed E-state index contributed by atoms with van der Waals surface area (Å²) in [6.07, 6.45) is 1.13. The average molecular weight is 220 g/mol. The van der Waals surface area contributed by atoms with Crippen LogP contribution in [0, 0.1) is 0 Å². The molecule has 1 nitrogen and oxygen atoms in total. The first kappa shape index (κ1) is 13.1. The van der Waals surface area contributed by atoms with Gasteiger partial charge < -0.3 is 4.74 Å². The molecule has 0 N–H and O–H groups in total. The van der Waals surface area contributed by atoms with E-state index in [1.54, 1.807) is 0 Å². The Hall–Kier alpha value is -0.980. The Bertz CT molecular complexity index is 345. The first-order chi connectivity index (χ1) is 7.24. The van der Waals surface area contributed by atoms with Gasteiger partial charge in [0.25, 0.3) is 0 Å². The van der Waals surface area contributed by atoms with Crippen LogP contribution in [0.4, 0.5) is 0 Å². The van der Waals surface area contributed by atoms with Gasteiger partial charge in [-0.2, -0.15) is 0 Å². The number of rotatable bonds is 3. The number of ether oxygens (including phenoxy) is 1. The first-order valence-corrected chi connectivity index (χ1v) is 6.04. The van der Waals surface area contributed by atoms with Crippen LogP contribution in [0.25, 0.3) is 0 Å². The molecule has 0 fully saturated rings. The molecule has 0 aromatic heterocycles. The van der Waals surface area contributed by atoms with Crippen molar-refractivity contribution in [2.45, 2.75) is 59.0 Å². The van der Waals surface area contributed by atoms with E-state index < -0.39 is 0 Å². The molecule has 16 heavy (non-hydrogen) atoms. The van der Waals surface area contributed by atoms with Gasteiger partial charge in [-0.05, 0) is 50.3 Å². The summed E-state index contributed by atoms with van der Waals surface area (Å²) in [6.45, 7) is 13.0. The second-order valence-electron chi connectivity index (χ2n) is 5.98. The van der Waals surface area contributed by atoms with E-state index in [9.17, 15) is 0 Å². The summed E-state index contributed by atoms with van der Waals surface area (Å²) in [5, 5.41) is 0. The second-order valence-corrected chi connectivity index (χ2v) is 5.98. The van der Waals surface area contributed by atoms with E-state index in [0.29, 0.717) is 0 Å². The molecule has 0 aliphatic heterocycles. The zero-order valence-electron chi connectivity index (χ0n) is 11.4. The molecule has 0 bridgehead atoms. The van der Waals surface area contributed by atoms with Gasteiger partial charge in [0.05, 0.1) is 0 Å². The summed E-state index contributed by atoms with van der Waals surface area (Å²) >= 11 is 0. The average Bonchev–Trinajstić information content (AvgIpc) is 2.15. The van der Waals surface area contributed by atoms with Crippen LogP contribution in [-0.4, -0.2) is 5.60 Å². The molecule has 1 aromatic carbocycles. The fourth-order valence-corrected chi connectivity index (χ4v) is 1.54. The lowest BCUT2D eigenvalue weighted by Crippen LogP contribution is -2.23. The molecular weight excluding hydrogens is 196 g/mol. The van der Waals surface area contributed by atoms with Gasteiger partial charge in [-0.25, -0.2) is 0 Å². The lowest BCUT2D eigenvalue weighted by atomic mass is 9.82. The molecule has 0 heterocycles. The number of benzene rings is 1. The van der Waals surface area contributed by atoms with Crippen molar-refractivity contribution in [1.29, 1.82) is 0 Å². The highest BCUT2D eigenvalue weighted by atomic mass is 16.5. The Morgan fingerprint density at radius 3 is 2.19 bits per heavy atom. The highest BCUT2D eigenvalue weighted by molar-refractivity contribution is 5.33. The third-order valence-corrected chi connectivity index (χ3v) is 2.92. The third kappa shape index (κ3) is 3.55. The van der Waals surface area contributed by atoms with E-state index in [0.717, 1.165) is 12.2 Å². The Kier molecular flexibility index (Phi) is 3.67. The van der Waals surface area contributed by atoms with Crippen LogP contribution in [0.15, 0.2) is 24.3 Å². The van der Waals surface area contributed by atoms with Crippen LogP contribution in [0.1, 0.15) is 53.5 Å². The zero-order chi connectivity index (χ0) is 12.4. The molecule has 0 radical (unpaired) electrons. The highest BCUT2D eigenvalue weighted by Gasteiger charge is 2.19. The lowest BCUT2D eigenvalue weighted by Gasteiger charge is -2.26. The van der Waals surface area contributed by atoms with Crippen LogP contribution in [-0.2, 0) is 5.41 Å². The van der Waals surface area contributed by atoms with Gasteiger partial charge in [-0.3, -0.25) is 0 Å². The Morgan fingerprint density at radius 1 is 1.06 bits per heavy atom. The maximum Gasteiger partial charge on any atom is 0.120 e. The molecule has 0 unspecified atom stereocenters. The normalized spacial score (nSPS) is 12.6. The first-order valence-electron chi connectivity index (χ1n) is 6.04. The van der Waals surface area contributed by atoms with Crippen molar-refractivity contribution in [1.82, 2.24) is 0 Å². The van der Waals surface area contributed by atoms with Crippen molar-refractivity contribution in [3.8, 4) is 5.75 Å². The van der Waals surface area contributed by atoms with E-state index in [2.05, 4.69) is 59.7 Å². The smallest absolute Gasteiger partial charge is 0.120 e. The molecule has 1 heteroatoms. The quantitative estimate of drug-likeness (QED) is 0.726. The molecule has 1 rings (SSSR count). The number of hydrogen-bond donors (Lipinski definition) is 0. The van der Waals surface area contributed by atoms with Gasteiger partial charge in [0, 0.05) is 0 Å². The van der Waals surface area contributed by atoms with Crippen LogP contribution >= 0.6 is 0 Å². The van der Waals surface area contributed by atoms with Gasteiger partial charge in [0.1, 0.15) is 11.4 Å². The van der Waals surface area contributed by atoms with Crippen molar-refractivity contribution in [2.75, 3.05) is 0 Å². The molecule has 0 aliphatic rings. The minimum absolute atomic E-state index is 0.130. The summed E-state index contributed by atoms with van der Waals surface area (Å²) < 4.78 is 5.88. The molecule has 0 spiro atoms. The van der Waals surface area contributed by atoms with Crippen LogP contribution in [0.3, 0.4) is 0 Å². The van der Waals surface area contributed by atoms with Gasteiger partial charge in [-0.1, -0.05) is 32.9 Å². The molecule has 0 atom stereocenters. The van der Waals surface area contributed by atoms with Crippen LogP contribution in [0.2, 0.25) is 0 Å². The summed E-state index contributed by atoms with van der Waals surface area (Å²) in [7, 11) is 0. The Morgan fingerprint density at radius 2 is 1.69 bits per heavy atom. The number of hydrogen-bond acceptors (Lipinski definition) is 1. The maximum absolute atomic E-state index is 5.88. The fourth-order valence-electron chi connectivity index (χ4n) is 1.54. The van der Waals surface area contributed by atoms with Crippen molar-refractivity contribution in [2.24, 2.45) is 0 Å². The standard InChI is InChI=1S/C15H24O/c1-7-15(5,6)12-9-8-10-13(11-12)16-14(2,3)4/h8-11H,7H2,1-6H3.